The third kappa shape index (κ3) is 2.92. The average Bonchev–Trinajstić information content (AvgIpc) is 2.64. The van der Waals surface area contributed by atoms with E-state index in [0.717, 1.165) is 13.0 Å². The molecule has 1 rings (SSSR count). The van der Waals surface area contributed by atoms with Crippen molar-refractivity contribution in [3.05, 3.63) is 0 Å². The largest absolute Gasteiger partial charge is 0.393 e. The van der Waals surface area contributed by atoms with E-state index in [1.165, 1.54) is 0 Å². The Morgan fingerprint density at radius 3 is 2.47 bits per heavy atom. The molecule has 2 unspecified atom stereocenters. The van der Waals surface area contributed by atoms with Gasteiger partial charge in [-0.3, -0.25) is 4.79 Å². The lowest BCUT2D eigenvalue weighted by Gasteiger charge is -2.23. The Kier molecular flexibility index (Phi) is 4.11. The lowest BCUT2D eigenvalue weighted by molar-refractivity contribution is -0.132. The quantitative estimate of drug-likeness (QED) is 0.705. The second-order valence-corrected chi connectivity index (χ2v) is 4.84. The molecule has 0 aliphatic carbocycles. The second-order valence-electron chi connectivity index (χ2n) is 4.84. The molecule has 15 heavy (non-hydrogen) atoms. The van der Waals surface area contributed by atoms with Gasteiger partial charge in [-0.25, -0.2) is 0 Å². The highest BCUT2D eigenvalue weighted by Crippen LogP contribution is 2.20. The van der Waals surface area contributed by atoms with Crippen molar-refractivity contribution in [1.82, 2.24) is 4.90 Å². The van der Waals surface area contributed by atoms with E-state index >= 15 is 0 Å². The van der Waals surface area contributed by atoms with Gasteiger partial charge in [0.1, 0.15) is 0 Å². The Morgan fingerprint density at radius 2 is 2.07 bits per heavy atom. The van der Waals surface area contributed by atoms with Gasteiger partial charge in [-0.05, 0) is 19.3 Å². The Bertz CT molecular complexity index is 229. The fourth-order valence-corrected chi connectivity index (χ4v) is 1.88. The van der Waals surface area contributed by atoms with E-state index in [2.05, 4.69) is 0 Å². The van der Waals surface area contributed by atoms with Gasteiger partial charge in [0.15, 0.2) is 0 Å². The smallest absolute Gasteiger partial charge is 0.239 e. The predicted octanol–water partition coefficient (Wildman–Crippen LogP) is 0.199. The summed E-state index contributed by atoms with van der Waals surface area (Å²) in [5.74, 6) is 0.407. The molecule has 1 heterocycles. The van der Waals surface area contributed by atoms with E-state index in [1.54, 1.807) is 11.8 Å². The highest BCUT2D eigenvalue weighted by atomic mass is 16.3. The van der Waals surface area contributed by atoms with Crippen molar-refractivity contribution in [2.75, 3.05) is 13.1 Å². The first-order valence-corrected chi connectivity index (χ1v) is 5.66. The summed E-state index contributed by atoms with van der Waals surface area (Å²) in [7, 11) is 0. The number of hydrogen-bond acceptors (Lipinski definition) is 3. The standard InChI is InChI=1S/C11H22N2O2/c1-7(2)10(12)11(15)13-5-4-9(6-13)8(3)14/h7-10,14H,4-6,12H2,1-3H3/t8?,9?,10-/m1/s1. The Hall–Kier alpha value is -0.610. The van der Waals surface area contributed by atoms with Gasteiger partial charge < -0.3 is 15.7 Å². The van der Waals surface area contributed by atoms with Gasteiger partial charge in [-0.15, -0.1) is 0 Å². The van der Waals surface area contributed by atoms with E-state index in [0.29, 0.717) is 6.54 Å². The predicted molar refractivity (Wildman–Crippen MR) is 59.2 cm³/mol. The molecule has 0 saturated carbocycles. The highest BCUT2D eigenvalue weighted by molar-refractivity contribution is 5.82. The van der Waals surface area contributed by atoms with Crippen molar-refractivity contribution in [2.24, 2.45) is 17.6 Å². The molecule has 4 heteroatoms. The van der Waals surface area contributed by atoms with Crippen LogP contribution in [0.5, 0.6) is 0 Å². The van der Waals surface area contributed by atoms with Crippen LogP contribution >= 0.6 is 0 Å². The average molecular weight is 214 g/mol. The summed E-state index contributed by atoms with van der Waals surface area (Å²) in [6.07, 6.45) is 0.548. The number of amides is 1. The molecule has 1 aliphatic rings. The van der Waals surface area contributed by atoms with Crippen LogP contribution in [0, 0.1) is 11.8 Å². The number of carbonyl (C=O) groups excluding carboxylic acids is 1. The van der Waals surface area contributed by atoms with Gasteiger partial charge in [-0.2, -0.15) is 0 Å². The number of nitrogens with zero attached hydrogens (tertiary/aromatic N) is 1. The molecule has 0 radical (unpaired) electrons. The molecule has 4 nitrogen and oxygen atoms in total. The van der Waals surface area contributed by atoms with Crippen molar-refractivity contribution in [3.8, 4) is 0 Å². The number of aliphatic hydroxyl groups is 1. The maximum atomic E-state index is 11.9. The lowest BCUT2D eigenvalue weighted by atomic mass is 10.0. The Morgan fingerprint density at radius 1 is 1.47 bits per heavy atom. The van der Waals surface area contributed by atoms with Gasteiger partial charge in [0.05, 0.1) is 12.1 Å². The summed E-state index contributed by atoms with van der Waals surface area (Å²) in [6.45, 7) is 7.06. The van der Waals surface area contributed by atoms with Crippen LogP contribution in [0.3, 0.4) is 0 Å². The minimum absolute atomic E-state index is 0.0214. The summed E-state index contributed by atoms with van der Waals surface area (Å²) in [4.78, 5) is 13.7. The zero-order valence-corrected chi connectivity index (χ0v) is 9.81. The van der Waals surface area contributed by atoms with Crippen LogP contribution in [0.25, 0.3) is 0 Å². The minimum Gasteiger partial charge on any atom is -0.393 e. The number of rotatable bonds is 3. The molecule has 0 aromatic heterocycles. The molecule has 1 amide bonds. The number of likely N-dealkylation sites (tertiary alicyclic amines) is 1. The fourth-order valence-electron chi connectivity index (χ4n) is 1.88. The summed E-state index contributed by atoms with van der Waals surface area (Å²) >= 11 is 0. The molecule has 1 aliphatic heterocycles. The number of carbonyl (C=O) groups is 1. The third-order valence-electron chi connectivity index (χ3n) is 3.22. The summed E-state index contributed by atoms with van der Waals surface area (Å²) in [5, 5.41) is 9.43. The maximum absolute atomic E-state index is 11.9. The molecule has 0 aromatic rings. The van der Waals surface area contributed by atoms with Crippen LogP contribution in [0.2, 0.25) is 0 Å². The van der Waals surface area contributed by atoms with Crippen LogP contribution in [0.1, 0.15) is 27.2 Å². The van der Waals surface area contributed by atoms with E-state index in [9.17, 15) is 9.90 Å². The first kappa shape index (κ1) is 12.5. The molecular weight excluding hydrogens is 192 g/mol. The molecule has 1 fully saturated rings. The molecular formula is C11H22N2O2. The van der Waals surface area contributed by atoms with Crippen molar-refractivity contribution in [2.45, 2.75) is 39.3 Å². The highest BCUT2D eigenvalue weighted by Gasteiger charge is 2.32. The van der Waals surface area contributed by atoms with E-state index in [1.807, 2.05) is 13.8 Å². The van der Waals surface area contributed by atoms with Gasteiger partial charge in [0.2, 0.25) is 5.91 Å². The van der Waals surface area contributed by atoms with Crippen LogP contribution in [-0.4, -0.2) is 41.1 Å². The van der Waals surface area contributed by atoms with Crippen molar-refractivity contribution in [3.63, 3.8) is 0 Å². The molecule has 88 valence electrons. The molecule has 3 N–H and O–H groups in total. The first-order valence-electron chi connectivity index (χ1n) is 5.66. The van der Waals surface area contributed by atoms with E-state index in [4.69, 9.17) is 5.73 Å². The van der Waals surface area contributed by atoms with Crippen LogP contribution < -0.4 is 5.73 Å². The van der Waals surface area contributed by atoms with Gasteiger partial charge >= 0.3 is 0 Å². The maximum Gasteiger partial charge on any atom is 0.239 e. The third-order valence-corrected chi connectivity index (χ3v) is 3.22. The van der Waals surface area contributed by atoms with E-state index in [-0.39, 0.29) is 23.8 Å². The van der Waals surface area contributed by atoms with Crippen LogP contribution in [-0.2, 0) is 4.79 Å². The van der Waals surface area contributed by atoms with Crippen molar-refractivity contribution >= 4 is 5.91 Å². The topological polar surface area (TPSA) is 66.6 Å². The fraction of sp³-hybridized carbons (Fsp3) is 0.909. The Balaban J connectivity index is 2.50. The monoisotopic (exact) mass is 214 g/mol. The summed E-state index contributed by atoms with van der Waals surface area (Å²) in [5.41, 5.74) is 5.81. The Labute approximate surface area is 91.4 Å². The van der Waals surface area contributed by atoms with Gasteiger partial charge in [-0.1, -0.05) is 13.8 Å². The molecule has 0 bridgehead atoms. The van der Waals surface area contributed by atoms with Crippen LogP contribution in [0.4, 0.5) is 0 Å². The number of nitrogens with two attached hydrogens (primary N) is 1. The first-order chi connectivity index (χ1) is 6.93. The second kappa shape index (κ2) is 4.94. The van der Waals surface area contributed by atoms with Gasteiger partial charge in [0.25, 0.3) is 0 Å². The van der Waals surface area contributed by atoms with Gasteiger partial charge in [0, 0.05) is 19.0 Å². The van der Waals surface area contributed by atoms with Crippen molar-refractivity contribution in [1.29, 1.82) is 0 Å². The normalized spacial score (nSPS) is 25.7. The molecule has 3 atom stereocenters. The summed E-state index contributed by atoms with van der Waals surface area (Å²) in [6, 6.07) is -0.405. The lowest BCUT2D eigenvalue weighted by Crippen LogP contribution is -2.45. The van der Waals surface area contributed by atoms with Crippen molar-refractivity contribution < 1.29 is 9.90 Å². The number of hydrogen-bond donors (Lipinski definition) is 2. The molecule has 0 spiro atoms. The molecule has 1 saturated heterocycles. The SMILES string of the molecule is CC(O)C1CCN(C(=O)[C@H](N)C(C)C)C1. The van der Waals surface area contributed by atoms with E-state index < -0.39 is 6.04 Å². The number of aliphatic hydroxyl groups excluding tert-OH is 1. The summed E-state index contributed by atoms with van der Waals surface area (Å²) < 4.78 is 0. The zero-order chi connectivity index (χ0) is 11.6. The zero-order valence-electron chi connectivity index (χ0n) is 9.81. The van der Waals surface area contributed by atoms with Crippen LogP contribution in [0.15, 0.2) is 0 Å². The minimum atomic E-state index is -0.405. The molecule has 0 aromatic carbocycles.